The first kappa shape index (κ1) is 15.7. The molecule has 4 atom stereocenters. The predicted molar refractivity (Wildman–Crippen MR) is 84.3 cm³/mol. The monoisotopic (exact) mass is 295 g/mol. The number of hydrogen-bond donors (Lipinski definition) is 1. The summed E-state index contributed by atoms with van der Waals surface area (Å²) in [7, 11) is -0.874. The van der Waals surface area contributed by atoms with Crippen molar-refractivity contribution in [1.29, 1.82) is 0 Å². The van der Waals surface area contributed by atoms with E-state index in [-0.39, 0.29) is 17.4 Å². The second-order valence-electron chi connectivity index (χ2n) is 5.33. The molecule has 0 bridgehead atoms. The molecule has 4 heteroatoms. The maximum absolute atomic E-state index is 12.6. The fourth-order valence-corrected chi connectivity index (χ4v) is 4.19. The van der Waals surface area contributed by atoms with Crippen LogP contribution in [0.25, 0.3) is 0 Å². The van der Waals surface area contributed by atoms with Gasteiger partial charge in [-0.05, 0) is 31.9 Å². The summed E-state index contributed by atoms with van der Waals surface area (Å²) in [6, 6.07) is 10.4. The van der Waals surface area contributed by atoms with E-state index in [2.05, 4.69) is 31.3 Å². The van der Waals surface area contributed by atoms with Gasteiger partial charge in [0.2, 0.25) is 0 Å². The smallest absolute Gasteiger partial charge is 0.0691 e. The number of ether oxygens (including phenoxy) is 1. The van der Waals surface area contributed by atoms with Crippen LogP contribution in [0.4, 0.5) is 0 Å². The first-order chi connectivity index (χ1) is 9.72. The van der Waals surface area contributed by atoms with Crippen LogP contribution < -0.4 is 5.32 Å². The maximum Gasteiger partial charge on any atom is 0.0691 e. The highest BCUT2D eigenvalue weighted by molar-refractivity contribution is 7.85. The Hall–Kier alpha value is -0.710. The lowest BCUT2D eigenvalue weighted by molar-refractivity contribution is 0.128. The quantitative estimate of drug-likeness (QED) is 0.840. The van der Waals surface area contributed by atoms with E-state index in [4.69, 9.17) is 4.74 Å². The second kappa shape index (κ2) is 7.91. The van der Waals surface area contributed by atoms with Gasteiger partial charge in [0.15, 0.2) is 0 Å². The van der Waals surface area contributed by atoms with E-state index in [0.717, 1.165) is 26.0 Å². The zero-order chi connectivity index (χ0) is 14.4. The maximum atomic E-state index is 12.6. The molecule has 0 aliphatic carbocycles. The van der Waals surface area contributed by atoms with Crippen molar-refractivity contribution >= 4 is 10.8 Å². The van der Waals surface area contributed by atoms with E-state index < -0.39 is 10.8 Å². The molecule has 0 aromatic heterocycles. The van der Waals surface area contributed by atoms with E-state index in [1.165, 1.54) is 5.56 Å². The summed E-state index contributed by atoms with van der Waals surface area (Å²) in [5.74, 6) is 0.663. The molecular formula is C16H25NO2S. The molecule has 0 amide bonds. The van der Waals surface area contributed by atoms with Crippen molar-refractivity contribution in [1.82, 2.24) is 5.32 Å². The molecule has 1 N–H and O–H groups in total. The van der Waals surface area contributed by atoms with Crippen LogP contribution in [0.1, 0.15) is 38.3 Å². The second-order valence-corrected chi connectivity index (χ2v) is 7.17. The summed E-state index contributed by atoms with van der Waals surface area (Å²) in [6.45, 7) is 5.86. The summed E-state index contributed by atoms with van der Waals surface area (Å²) in [5.41, 5.74) is 1.21. The van der Waals surface area contributed by atoms with Crippen LogP contribution in [-0.4, -0.2) is 34.5 Å². The van der Waals surface area contributed by atoms with Gasteiger partial charge < -0.3 is 10.1 Å². The molecule has 1 aromatic carbocycles. The molecule has 1 fully saturated rings. The van der Waals surface area contributed by atoms with E-state index in [1.54, 1.807) is 0 Å². The van der Waals surface area contributed by atoms with Gasteiger partial charge in [0.25, 0.3) is 0 Å². The molecule has 1 aliphatic rings. The standard InChI is InChI=1S/C16H25NO2S/c1-3-17-16(14-8-5-4-6-9-14)13(2)20(18)12-15-10-7-11-19-15/h4-6,8-9,13,15-17H,3,7,10-12H2,1-2H3. The van der Waals surface area contributed by atoms with Crippen LogP contribution in [0.2, 0.25) is 0 Å². The van der Waals surface area contributed by atoms with Crippen LogP contribution in [0.5, 0.6) is 0 Å². The van der Waals surface area contributed by atoms with Gasteiger partial charge in [0.05, 0.1) is 17.1 Å². The number of nitrogens with one attached hydrogen (secondary N) is 1. The molecule has 0 radical (unpaired) electrons. The Bertz CT molecular complexity index is 418. The highest BCUT2D eigenvalue weighted by Crippen LogP contribution is 2.23. The lowest BCUT2D eigenvalue weighted by Gasteiger charge is -2.25. The molecule has 112 valence electrons. The molecule has 1 heterocycles. The first-order valence-corrected chi connectivity index (χ1v) is 8.87. The van der Waals surface area contributed by atoms with E-state index in [9.17, 15) is 4.21 Å². The molecule has 0 spiro atoms. The van der Waals surface area contributed by atoms with E-state index in [0.29, 0.717) is 5.75 Å². The fourth-order valence-electron chi connectivity index (χ4n) is 2.70. The molecule has 2 rings (SSSR count). The number of hydrogen-bond acceptors (Lipinski definition) is 3. The Morgan fingerprint density at radius 2 is 2.15 bits per heavy atom. The normalized spacial score (nSPS) is 23.4. The van der Waals surface area contributed by atoms with Gasteiger partial charge in [0, 0.05) is 23.4 Å². The molecule has 3 nitrogen and oxygen atoms in total. The lowest BCUT2D eigenvalue weighted by atomic mass is 10.0. The summed E-state index contributed by atoms with van der Waals surface area (Å²) in [6.07, 6.45) is 2.35. The van der Waals surface area contributed by atoms with Crippen molar-refractivity contribution < 1.29 is 8.95 Å². The summed E-state index contributed by atoms with van der Waals surface area (Å²) >= 11 is 0. The zero-order valence-electron chi connectivity index (χ0n) is 12.4. The molecule has 0 saturated carbocycles. The van der Waals surface area contributed by atoms with Gasteiger partial charge in [-0.2, -0.15) is 0 Å². The fraction of sp³-hybridized carbons (Fsp3) is 0.625. The van der Waals surface area contributed by atoms with Gasteiger partial charge in [-0.15, -0.1) is 0 Å². The molecule has 4 unspecified atom stereocenters. The van der Waals surface area contributed by atoms with Gasteiger partial charge in [-0.25, -0.2) is 0 Å². The Balaban J connectivity index is 2.02. The third-order valence-electron chi connectivity index (χ3n) is 3.84. The minimum absolute atomic E-state index is 0.0848. The Kier molecular flexibility index (Phi) is 6.20. The van der Waals surface area contributed by atoms with Crippen molar-refractivity contribution in [3.8, 4) is 0 Å². The third-order valence-corrected chi connectivity index (χ3v) is 5.64. The van der Waals surface area contributed by atoms with Crippen LogP contribution in [-0.2, 0) is 15.5 Å². The summed E-state index contributed by atoms with van der Waals surface area (Å²) < 4.78 is 18.2. The lowest BCUT2D eigenvalue weighted by Crippen LogP contribution is -2.35. The summed E-state index contributed by atoms with van der Waals surface area (Å²) in [4.78, 5) is 0. The van der Waals surface area contributed by atoms with Crippen molar-refractivity contribution in [2.75, 3.05) is 18.9 Å². The molecule has 20 heavy (non-hydrogen) atoms. The van der Waals surface area contributed by atoms with Crippen LogP contribution in [0.3, 0.4) is 0 Å². The van der Waals surface area contributed by atoms with Gasteiger partial charge >= 0.3 is 0 Å². The average molecular weight is 295 g/mol. The van der Waals surface area contributed by atoms with Crippen molar-refractivity contribution in [3.63, 3.8) is 0 Å². The average Bonchev–Trinajstić information content (AvgIpc) is 2.98. The molecule has 1 saturated heterocycles. The van der Waals surface area contributed by atoms with Gasteiger partial charge in [-0.3, -0.25) is 4.21 Å². The minimum Gasteiger partial charge on any atom is -0.377 e. The van der Waals surface area contributed by atoms with Crippen molar-refractivity contribution in [3.05, 3.63) is 35.9 Å². The largest absolute Gasteiger partial charge is 0.377 e. The first-order valence-electron chi connectivity index (χ1n) is 7.49. The van der Waals surface area contributed by atoms with Gasteiger partial charge in [0.1, 0.15) is 0 Å². The zero-order valence-corrected chi connectivity index (χ0v) is 13.2. The minimum atomic E-state index is -0.874. The number of benzene rings is 1. The molecule has 1 aliphatic heterocycles. The number of rotatable bonds is 7. The SMILES string of the molecule is CCNC(c1ccccc1)C(C)S(=O)CC1CCCO1. The molecular weight excluding hydrogens is 270 g/mol. The highest BCUT2D eigenvalue weighted by Gasteiger charge is 2.27. The van der Waals surface area contributed by atoms with Crippen molar-refractivity contribution in [2.24, 2.45) is 0 Å². The topological polar surface area (TPSA) is 38.3 Å². The van der Waals surface area contributed by atoms with Crippen LogP contribution >= 0.6 is 0 Å². The van der Waals surface area contributed by atoms with Crippen molar-refractivity contribution in [2.45, 2.75) is 44.1 Å². The molecule has 1 aromatic rings. The van der Waals surface area contributed by atoms with Gasteiger partial charge in [-0.1, -0.05) is 37.3 Å². The van der Waals surface area contributed by atoms with Crippen LogP contribution in [0.15, 0.2) is 30.3 Å². The van der Waals surface area contributed by atoms with Crippen LogP contribution in [0, 0.1) is 0 Å². The van der Waals surface area contributed by atoms with E-state index >= 15 is 0 Å². The highest BCUT2D eigenvalue weighted by atomic mass is 32.2. The summed E-state index contributed by atoms with van der Waals surface area (Å²) in [5, 5.41) is 3.56. The Labute approximate surface area is 124 Å². The predicted octanol–water partition coefficient (Wildman–Crippen LogP) is 2.65. The Morgan fingerprint density at radius 3 is 2.75 bits per heavy atom. The third kappa shape index (κ3) is 4.14. The van der Waals surface area contributed by atoms with E-state index in [1.807, 2.05) is 18.2 Å². The Morgan fingerprint density at radius 1 is 1.40 bits per heavy atom.